The van der Waals surface area contributed by atoms with E-state index in [4.69, 9.17) is 18.9 Å². The van der Waals surface area contributed by atoms with E-state index in [9.17, 15) is 19.2 Å². The second-order valence-corrected chi connectivity index (χ2v) is 24.4. The molecule has 452 valence electrons. The van der Waals surface area contributed by atoms with E-state index in [1.54, 1.807) is 23.5 Å². The summed E-state index contributed by atoms with van der Waals surface area (Å²) in [6.45, 7) is 11.2. The van der Waals surface area contributed by atoms with Crippen LogP contribution in [0.1, 0.15) is 349 Å². The molecule has 0 spiro atoms. The van der Waals surface area contributed by atoms with Crippen LogP contribution in [0.15, 0.2) is 0 Å². The largest absolute Gasteiger partial charge is 0.466 e. The lowest BCUT2D eigenvalue weighted by Gasteiger charge is -2.06. The molecule has 0 aromatic rings. The number of ether oxygens (including phenoxy) is 4. The third kappa shape index (κ3) is 70.6. The van der Waals surface area contributed by atoms with Crippen LogP contribution in [-0.2, 0) is 38.1 Å². The number of thioether (sulfide) groups is 2. The summed E-state index contributed by atoms with van der Waals surface area (Å²) in [5.41, 5.74) is 0. The Balaban J connectivity index is 0. The van der Waals surface area contributed by atoms with Gasteiger partial charge in [0.2, 0.25) is 0 Å². The van der Waals surface area contributed by atoms with Crippen molar-refractivity contribution < 1.29 is 38.1 Å². The van der Waals surface area contributed by atoms with Crippen molar-refractivity contribution >= 4 is 47.4 Å². The molecule has 76 heavy (non-hydrogen) atoms. The van der Waals surface area contributed by atoms with Gasteiger partial charge in [-0.2, -0.15) is 23.5 Å². The minimum Gasteiger partial charge on any atom is -0.466 e. The predicted molar refractivity (Wildman–Crippen MR) is 332 cm³/mol. The molecule has 0 aliphatic rings. The highest BCUT2D eigenvalue weighted by atomic mass is 32.2. The normalized spacial score (nSPS) is 11.1. The first-order chi connectivity index (χ1) is 37.4. The van der Waals surface area contributed by atoms with Gasteiger partial charge in [-0.3, -0.25) is 19.2 Å². The van der Waals surface area contributed by atoms with Gasteiger partial charge in [-0.25, -0.2) is 0 Å². The van der Waals surface area contributed by atoms with Crippen LogP contribution < -0.4 is 0 Å². The first-order valence-electron chi connectivity index (χ1n) is 33.2. The maximum Gasteiger partial charge on any atom is 0.306 e. The lowest BCUT2D eigenvalue weighted by atomic mass is 10.1. The summed E-state index contributed by atoms with van der Waals surface area (Å²) in [5, 5.41) is 0. The van der Waals surface area contributed by atoms with Crippen LogP contribution in [0.3, 0.4) is 0 Å². The molecule has 0 amide bonds. The van der Waals surface area contributed by atoms with Crippen molar-refractivity contribution in [2.24, 2.45) is 0 Å². The SMILES string of the molecule is CCCCCCCCCCCCCCOC(=O)CCSCCC(=O)OCCCCCCCCCCCCCC.CCCCCCCCCCCCCOC(=O)CCSCCC(=O)OCCCCCCCCCCCCC. The zero-order valence-corrected chi connectivity index (χ0v) is 52.7. The van der Waals surface area contributed by atoms with Crippen molar-refractivity contribution in [3.63, 3.8) is 0 Å². The van der Waals surface area contributed by atoms with Crippen molar-refractivity contribution in [3.05, 3.63) is 0 Å². The quantitative estimate of drug-likeness (QED) is 0.0332. The second kappa shape index (κ2) is 69.7. The first kappa shape index (κ1) is 76.6. The zero-order valence-electron chi connectivity index (χ0n) is 51.1. The Hall–Kier alpha value is -1.42. The molecule has 0 aromatic carbocycles. The van der Waals surface area contributed by atoms with Gasteiger partial charge in [0.05, 0.1) is 52.1 Å². The highest BCUT2D eigenvalue weighted by Crippen LogP contribution is 2.17. The van der Waals surface area contributed by atoms with Gasteiger partial charge in [0, 0.05) is 23.0 Å². The zero-order chi connectivity index (χ0) is 55.6. The van der Waals surface area contributed by atoms with Gasteiger partial charge in [0.15, 0.2) is 0 Å². The van der Waals surface area contributed by atoms with Crippen LogP contribution >= 0.6 is 23.5 Å². The molecule has 0 bridgehead atoms. The lowest BCUT2D eigenvalue weighted by Crippen LogP contribution is -2.09. The highest BCUT2D eigenvalue weighted by Gasteiger charge is 2.08. The van der Waals surface area contributed by atoms with Crippen molar-refractivity contribution in [2.45, 2.75) is 349 Å². The number of rotatable bonds is 62. The molecular formula is C66H128O8S2. The lowest BCUT2D eigenvalue weighted by molar-refractivity contribution is -0.144. The predicted octanol–water partition coefficient (Wildman–Crippen LogP) is 21.2. The van der Waals surface area contributed by atoms with Gasteiger partial charge in [-0.05, 0) is 25.7 Å². The van der Waals surface area contributed by atoms with E-state index in [-0.39, 0.29) is 23.9 Å². The van der Waals surface area contributed by atoms with Crippen molar-refractivity contribution in [1.29, 1.82) is 0 Å². The van der Waals surface area contributed by atoms with Crippen molar-refractivity contribution in [1.82, 2.24) is 0 Å². The molecule has 0 radical (unpaired) electrons. The minimum absolute atomic E-state index is 0.111. The topological polar surface area (TPSA) is 105 Å². The highest BCUT2D eigenvalue weighted by molar-refractivity contribution is 7.99. The maximum absolute atomic E-state index is 11.9. The fraction of sp³-hybridized carbons (Fsp3) is 0.939. The van der Waals surface area contributed by atoms with Gasteiger partial charge in [-0.1, -0.05) is 297 Å². The molecule has 8 nitrogen and oxygen atoms in total. The average molecular weight is 1110 g/mol. The molecular weight excluding hydrogens is 985 g/mol. The first-order valence-corrected chi connectivity index (χ1v) is 35.5. The van der Waals surface area contributed by atoms with Crippen LogP contribution in [0.4, 0.5) is 0 Å². The van der Waals surface area contributed by atoms with Crippen molar-refractivity contribution in [2.75, 3.05) is 49.4 Å². The van der Waals surface area contributed by atoms with Gasteiger partial charge >= 0.3 is 23.9 Å². The fourth-order valence-corrected chi connectivity index (χ4v) is 10.9. The van der Waals surface area contributed by atoms with Crippen LogP contribution in [0.5, 0.6) is 0 Å². The van der Waals surface area contributed by atoms with E-state index in [2.05, 4.69) is 27.7 Å². The van der Waals surface area contributed by atoms with Crippen molar-refractivity contribution in [3.8, 4) is 0 Å². The van der Waals surface area contributed by atoms with E-state index < -0.39 is 0 Å². The maximum atomic E-state index is 11.9. The van der Waals surface area contributed by atoms with Gasteiger partial charge in [-0.15, -0.1) is 0 Å². The molecule has 0 fully saturated rings. The number of hydrogen-bond acceptors (Lipinski definition) is 10. The van der Waals surface area contributed by atoms with E-state index in [0.29, 0.717) is 75.1 Å². The summed E-state index contributed by atoms with van der Waals surface area (Å²) < 4.78 is 21.4. The number of esters is 4. The third-order valence-electron chi connectivity index (χ3n) is 14.3. The van der Waals surface area contributed by atoms with Gasteiger partial charge < -0.3 is 18.9 Å². The third-order valence-corrected chi connectivity index (χ3v) is 16.3. The Bertz CT molecular complexity index is 1080. The summed E-state index contributed by atoms with van der Waals surface area (Å²) >= 11 is 3.26. The molecule has 0 unspecified atom stereocenters. The van der Waals surface area contributed by atoms with Gasteiger partial charge in [0.1, 0.15) is 0 Å². The molecule has 0 saturated carbocycles. The Labute approximate surface area is 481 Å². The monoisotopic (exact) mass is 1110 g/mol. The van der Waals surface area contributed by atoms with Crippen LogP contribution in [0, 0.1) is 0 Å². The van der Waals surface area contributed by atoms with Crippen LogP contribution in [-0.4, -0.2) is 73.3 Å². The average Bonchev–Trinajstić information content (AvgIpc) is 3.41. The second-order valence-electron chi connectivity index (χ2n) is 22.0. The summed E-state index contributed by atoms with van der Waals surface area (Å²) in [6, 6.07) is 0. The van der Waals surface area contributed by atoms with Crippen LogP contribution in [0.2, 0.25) is 0 Å². The molecule has 0 aromatic heterocycles. The van der Waals surface area contributed by atoms with E-state index in [1.165, 1.54) is 244 Å². The molecule has 0 N–H and O–H groups in total. The van der Waals surface area contributed by atoms with E-state index in [1.807, 2.05) is 0 Å². The summed E-state index contributed by atoms with van der Waals surface area (Å²) in [4.78, 5) is 47.4. The number of unbranched alkanes of at least 4 members (excludes halogenated alkanes) is 42. The number of hydrogen-bond donors (Lipinski definition) is 0. The van der Waals surface area contributed by atoms with E-state index >= 15 is 0 Å². The standard InChI is InChI=1S/C34H66O4S.C32H62O4S/c1-3-5-7-9-11-13-15-17-19-21-23-25-29-37-33(35)27-31-39-32-28-34(36)38-30-26-24-22-20-18-16-14-12-10-8-6-4-2;1-3-5-7-9-11-13-15-17-19-21-23-27-35-31(33)25-29-37-30-26-32(34)36-28-24-22-20-18-16-14-12-10-8-6-4-2/h3-32H2,1-2H3;3-30H2,1-2H3. The Morgan fingerprint density at radius 1 is 0.211 bits per heavy atom. The molecule has 10 heteroatoms. The smallest absolute Gasteiger partial charge is 0.306 e. The Morgan fingerprint density at radius 3 is 0.487 bits per heavy atom. The number of carbonyl (C=O) groups excluding carboxylic acids is 4. The summed E-state index contributed by atoms with van der Waals surface area (Å²) in [5.74, 6) is 2.40. The number of carbonyl (C=O) groups is 4. The molecule has 0 atom stereocenters. The molecule has 0 aliphatic heterocycles. The van der Waals surface area contributed by atoms with Crippen LogP contribution in [0.25, 0.3) is 0 Å². The van der Waals surface area contributed by atoms with Gasteiger partial charge in [0.25, 0.3) is 0 Å². The Kier molecular flexibility index (Phi) is 70.3. The minimum atomic E-state index is -0.112. The molecule has 0 aliphatic carbocycles. The summed E-state index contributed by atoms with van der Waals surface area (Å²) in [6.07, 6.45) is 61.7. The summed E-state index contributed by atoms with van der Waals surface area (Å²) in [7, 11) is 0. The molecule has 0 saturated heterocycles. The fourth-order valence-electron chi connectivity index (χ4n) is 9.28. The molecule has 0 heterocycles. The molecule has 0 rings (SSSR count). The van der Waals surface area contributed by atoms with E-state index in [0.717, 1.165) is 51.4 Å². The Morgan fingerprint density at radius 2 is 0.342 bits per heavy atom.